The van der Waals surface area contributed by atoms with Crippen LogP contribution in [0.1, 0.15) is 42.3 Å². The molecule has 2 aromatic carbocycles. The van der Waals surface area contributed by atoms with E-state index >= 15 is 0 Å². The first kappa shape index (κ1) is 27.5. The van der Waals surface area contributed by atoms with E-state index in [0.29, 0.717) is 17.8 Å². The van der Waals surface area contributed by atoms with Crippen LogP contribution in [0.4, 0.5) is 10.5 Å². The number of rotatable bonds is 8. The lowest BCUT2D eigenvalue weighted by Gasteiger charge is -2.20. The summed E-state index contributed by atoms with van der Waals surface area (Å²) in [5.74, 6) is -0.233. The molecule has 0 atom stereocenters. The Morgan fingerprint density at radius 3 is 2.41 bits per heavy atom. The van der Waals surface area contributed by atoms with E-state index in [-0.39, 0.29) is 24.0 Å². The number of benzene rings is 2. The number of pyridine rings is 1. The minimum Gasteiger partial charge on any atom is -0.408 e. The number of ether oxygens (including phenoxy) is 1. The molecule has 2 aromatic heterocycles. The highest BCUT2D eigenvalue weighted by molar-refractivity contribution is 7.13. The van der Waals surface area contributed by atoms with Crippen molar-refractivity contribution in [3.8, 4) is 16.2 Å². The van der Waals surface area contributed by atoms with Gasteiger partial charge in [0.1, 0.15) is 0 Å². The predicted molar refractivity (Wildman–Crippen MR) is 153 cm³/mol. The minimum absolute atomic E-state index is 0.113. The Hall–Kier alpha value is -4.50. The Morgan fingerprint density at radius 1 is 0.949 bits per heavy atom. The van der Waals surface area contributed by atoms with Gasteiger partial charge >= 0.3 is 6.09 Å². The van der Waals surface area contributed by atoms with Gasteiger partial charge in [-0.1, -0.05) is 24.3 Å². The van der Waals surface area contributed by atoms with Gasteiger partial charge in [-0.05, 0) is 85.3 Å². The van der Waals surface area contributed by atoms with Gasteiger partial charge in [-0.15, -0.1) is 11.3 Å². The van der Waals surface area contributed by atoms with Gasteiger partial charge in [0.2, 0.25) is 5.91 Å². The summed E-state index contributed by atoms with van der Waals surface area (Å²) in [6.45, 7) is 5.90. The standard InChI is InChI=1S/C30H30N4O4S/c1-30(2,3)34-29(37)38-25-13-12-23(26-7-5-15-39-26)17-24(25)33-28(36)22-10-8-20(9-11-22)19-32-27(35)16-21-6-4-14-31-18-21/h4-15,17-18H,16,19H2,1-3H3,(H,32,35)(H,33,36)(H,34,37). The molecule has 4 aromatic rings. The van der Waals surface area contributed by atoms with Crippen molar-refractivity contribution < 1.29 is 19.1 Å². The molecule has 9 heteroatoms. The van der Waals surface area contributed by atoms with E-state index in [1.807, 2.05) is 50.4 Å². The maximum absolute atomic E-state index is 13.1. The van der Waals surface area contributed by atoms with Crippen LogP contribution >= 0.6 is 11.3 Å². The van der Waals surface area contributed by atoms with Gasteiger partial charge in [0, 0.05) is 34.9 Å². The maximum Gasteiger partial charge on any atom is 0.413 e. The normalized spacial score (nSPS) is 10.9. The van der Waals surface area contributed by atoms with Gasteiger partial charge in [0.25, 0.3) is 5.91 Å². The van der Waals surface area contributed by atoms with E-state index in [1.165, 1.54) is 0 Å². The Labute approximate surface area is 231 Å². The molecule has 0 radical (unpaired) electrons. The first-order valence-electron chi connectivity index (χ1n) is 12.4. The molecule has 0 saturated carbocycles. The lowest BCUT2D eigenvalue weighted by Crippen LogP contribution is -2.42. The Morgan fingerprint density at radius 2 is 1.74 bits per heavy atom. The Kier molecular flexibility index (Phi) is 8.73. The molecular formula is C30H30N4O4S. The van der Waals surface area contributed by atoms with Crippen molar-refractivity contribution in [2.75, 3.05) is 5.32 Å². The second kappa shape index (κ2) is 12.4. The van der Waals surface area contributed by atoms with Gasteiger partial charge in [0.05, 0.1) is 12.1 Å². The third-order valence-corrected chi connectivity index (χ3v) is 6.43. The quantitative estimate of drug-likeness (QED) is 0.260. The fourth-order valence-corrected chi connectivity index (χ4v) is 4.39. The second-order valence-corrected chi connectivity index (χ2v) is 10.9. The summed E-state index contributed by atoms with van der Waals surface area (Å²) in [4.78, 5) is 42.8. The molecule has 0 aliphatic carbocycles. The number of hydrogen-bond acceptors (Lipinski definition) is 6. The van der Waals surface area contributed by atoms with E-state index < -0.39 is 11.6 Å². The SMILES string of the molecule is CC(C)(C)NC(=O)Oc1ccc(-c2cccs2)cc1NC(=O)c1ccc(CNC(=O)Cc2cccnc2)cc1. The Bertz CT molecular complexity index is 1430. The highest BCUT2D eigenvalue weighted by Crippen LogP contribution is 2.33. The average Bonchev–Trinajstić information content (AvgIpc) is 3.43. The first-order chi connectivity index (χ1) is 18.7. The van der Waals surface area contributed by atoms with Gasteiger partial charge in [-0.25, -0.2) is 4.79 Å². The molecule has 0 bridgehead atoms. The molecule has 0 fully saturated rings. The third kappa shape index (κ3) is 8.24. The molecule has 3 N–H and O–H groups in total. The van der Waals surface area contributed by atoms with Crippen molar-refractivity contribution in [3.05, 3.63) is 101 Å². The molecule has 3 amide bonds. The van der Waals surface area contributed by atoms with Crippen molar-refractivity contribution in [2.45, 2.75) is 39.3 Å². The van der Waals surface area contributed by atoms with Crippen molar-refractivity contribution in [1.82, 2.24) is 15.6 Å². The molecule has 2 heterocycles. The van der Waals surface area contributed by atoms with Crippen LogP contribution in [-0.2, 0) is 17.8 Å². The first-order valence-corrected chi connectivity index (χ1v) is 13.3. The largest absolute Gasteiger partial charge is 0.413 e. The summed E-state index contributed by atoms with van der Waals surface area (Å²) < 4.78 is 5.54. The molecule has 8 nitrogen and oxygen atoms in total. The Balaban J connectivity index is 1.43. The zero-order chi connectivity index (χ0) is 27.8. The monoisotopic (exact) mass is 542 g/mol. The van der Waals surface area contributed by atoms with Gasteiger partial charge in [-0.2, -0.15) is 0 Å². The van der Waals surface area contributed by atoms with Crippen molar-refractivity contribution in [2.24, 2.45) is 0 Å². The third-order valence-electron chi connectivity index (χ3n) is 5.51. The van der Waals surface area contributed by atoms with Crippen LogP contribution in [0.2, 0.25) is 0 Å². The number of nitrogens with zero attached hydrogens (tertiary/aromatic N) is 1. The summed E-state index contributed by atoms with van der Waals surface area (Å²) in [5, 5.41) is 10.5. The van der Waals surface area contributed by atoms with Crippen LogP contribution in [-0.4, -0.2) is 28.4 Å². The van der Waals surface area contributed by atoms with Crippen LogP contribution in [0.5, 0.6) is 5.75 Å². The second-order valence-electron chi connectivity index (χ2n) is 9.92. The number of carbonyl (C=O) groups excluding carboxylic acids is 3. The van der Waals surface area contributed by atoms with Crippen LogP contribution < -0.4 is 20.7 Å². The fourth-order valence-electron chi connectivity index (χ4n) is 3.66. The average molecular weight is 543 g/mol. The molecular weight excluding hydrogens is 512 g/mol. The number of carbonyl (C=O) groups is 3. The molecule has 0 aliphatic rings. The number of anilines is 1. The van der Waals surface area contributed by atoms with Crippen molar-refractivity contribution in [3.63, 3.8) is 0 Å². The molecule has 4 rings (SSSR count). The molecule has 0 saturated heterocycles. The van der Waals surface area contributed by atoms with Gasteiger partial charge in [-0.3, -0.25) is 14.6 Å². The molecule has 0 aliphatic heterocycles. The van der Waals surface area contributed by atoms with Crippen molar-refractivity contribution >= 4 is 34.9 Å². The highest BCUT2D eigenvalue weighted by Gasteiger charge is 2.19. The highest BCUT2D eigenvalue weighted by atomic mass is 32.1. The van der Waals surface area contributed by atoms with Crippen LogP contribution in [0.25, 0.3) is 10.4 Å². The number of thiophene rings is 1. The van der Waals surface area contributed by atoms with E-state index in [4.69, 9.17) is 4.74 Å². The van der Waals surface area contributed by atoms with Crippen LogP contribution in [0, 0.1) is 0 Å². The zero-order valence-electron chi connectivity index (χ0n) is 22.0. The zero-order valence-corrected chi connectivity index (χ0v) is 22.8. The smallest absolute Gasteiger partial charge is 0.408 e. The lowest BCUT2D eigenvalue weighted by molar-refractivity contribution is -0.120. The summed E-state index contributed by atoms with van der Waals surface area (Å²) in [5.41, 5.74) is 2.91. The van der Waals surface area contributed by atoms with Gasteiger partial charge < -0.3 is 20.7 Å². The predicted octanol–water partition coefficient (Wildman–Crippen LogP) is 5.81. The number of nitrogens with one attached hydrogen (secondary N) is 3. The topological polar surface area (TPSA) is 109 Å². The molecule has 0 spiro atoms. The molecule has 0 unspecified atom stereocenters. The number of hydrogen-bond donors (Lipinski definition) is 3. The summed E-state index contributed by atoms with van der Waals surface area (Å²) in [6, 6.07) is 19.8. The van der Waals surface area contributed by atoms with Crippen LogP contribution in [0.15, 0.2) is 84.5 Å². The number of amides is 3. The van der Waals surface area contributed by atoms with E-state index in [1.54, 1.807) is 66.2 Å². The maximum atomic E-state index is 13.1. The van der Waals surface area contributed by atoms with E-state index in [9.17, 15) is 14.4 Å². The lowest BCUT2D eigenvalue weighted by atomic mass is 10.1. The van der Waals surface area contributed by atoms with Crippen LogP contribution in [0.3, 0.4) is 0 Å². The van der Waals surface area contributed by atoms with E-state index in [0.717, 1.165) is 21.6 Å². The van der Waals surface area contributed by atoms with E-state index in [2.05, 4.69) is 20.9 Å². The van der Waals surface area contributed by atoms with Gasteiger partial charge in [0.15, 0.2) is 5.75 Å². The van der Waals surface area contributed by atoms with Crippen molar-refractivity contribution in [1.29, 1.82) is 0 Å². The number of aromatic nitrogens is 1. The summed E-state index contributed by atoms with van der Waals surface area (Å²) in [6.07, 6.45) is 2.96. The molecule has 39 heavy (non-hydrogen) atoms. The fraction of sp³-hybridized carbons (Fsp3) is 0.200. The summed E-state index contributed by atoms with van der Waals surface area (Å²) >= 11 is 1.57. The molecule has 200 valence electrons. The minimum atomic E-state index is -0.614. The summed E-state index contributed by atoms with van der Waals surface area (Å²) in [7, 11) is 0.